The molecule has 1 atom stereocenters. The molecular weight excluding hydrogens is 204 g/mol. The summed E-state index contributed by atoms with van der Waals surface area (Å²) in [7, 11) is 0. The van der Waals surface area contributed by atoms with Gasteiger partial charge in [-0.2, -0.15) is 5.26 Å². The molecule has 1 unspecified atom stereocenters. The van der Waals surface area contributed by atoms with Crippen LogP contribution in [-0.4, -0.2) is 15.6 Å². The number of fused-ring (bicyclic) bond motifs is 1. The van der Waals surface area contributed by atoms with E-state index in [0.29, 0.717) is 5.52 Å². The minimum atomic E-state index is -0.976. The van der Waals surface area contributed by atoms with Crippen LogP contribution < -0.4 is 0 Å². The van der Waals surface area contributed by atoms with Crippen LogP contribution in [0.15, 0.2) is 30.5 Å². The summed E-state index contributed by atoms with van der Waals surface area (Å²) >= 11 is 0. The molecule has 2 aromatic rings. The number of aromatic nitrogens is 1. The summed E-state index contributed by atoms with van der Waals surface area (Å²) in [5, 5.41) is 18.8. The van der Waals surface area contributed by atoms with Crippen molar-refractivity contribution in [1.82, 2.24) is 4.57 Å². The van der Waals surface area contributed by atoms with Gasteiger partial charge in [0.2, 0.25) is 0 Å². The lowest BCUT2D eigenvalue weighted by atomic mass is 10.1. The SMILES string of the molecule is CC(C#N)n1ccc2cccc(C(=O)O)c21. The second kappa shape index (κ2) is 3.70. The van der Waals surface area contributed by atoms with E-state index in [2.05, 4.69) is 6.07 Å². The maximum atomic E-state index is 11.1. The van der Waals surface area contributed by atoms with Crippen molar-refractivity contribution in [3.8, 4) is 6.07 Å². The van der Waals surface area contributed by atoms with Crippen molar-refractivity contribution in [3.63, 3.8) is 0 Å². The molecule has 0 radical (unpaired) electrons. The Bertz CT molecular complexity index is 593. The van der Waals surface area contributed by atoms with Crippen molar-refractivity contribution in [2.45, 2.75) is 13.0 Å². The molecule has 4 heteroatoms. The Balaban J connectivity index is 2.79. The van der Waals surface area contributed by atoms with Gasteiger partial charge < -0.3 is 9.67 Å². The molecule has 0 spiro atoms. The van der Waals surface area contributed by atoms with Crippen molar-refractivity contribution in [3.05, 3.63) is 36.0 Å². The van der Waals surface area contributed by atoms with Crippen LogP contribution in [0.5, 0.6) is 0 Å². The molecule has 4 nitrogen and oxygen atoms in total. The largest absolute Gasteiger partial charge is 0.478 e. The molecule has 0 amide bonds. The number of benzene rings is 1. The summed E-state index contributed by atoms with van der Waals surface area (Å²) in [6, 6.07) is 8.62. The van der Waals surface area contributed by atoms with Crippen molar-refractivity contribution in [2.24, 2.45) is 0 Å². The highest BCUT2D eigenvalue weighted by Gasteiger charge is 2.14. The number of para-hydroxylation sites is 1. The number of carbonyl (C=O) groups is 1. The molecule has 0 aliphatic carbocycles. The van der Waals surface area contributed by atoms with Crippen LogP contribution >= 0.6 is 0 Å². The van der Waals surface area contributed by atoms with Gasteiger partial charge in [0.1, 0.15) is 6.04 Å². The first kappa shape index (κ1) is 10.2. The Morgan fingerprint density at radius 3 is 2.88 bits per heavy atom. The first-order valence-corrected chi connectivity index (χ1v) is 4.87. The number of rotatable bonds is 2. The molecule has 1 heterocycles. The van der Waals surface area contributed by atoms with E-state index in [0.717, 1.165) is 5.39 Å². The molecule has 0 aliphatic rings. The predicted molar refractivity (Wildman–Crippen MR) is 59.2 cm³/mol. The molecule has 80 valence electrons. The Morgan fingerprint density at radius 1 is 1.50 bits per heavy atom. The second-order valence-electron chi connectivity index (χ2n) is 3.58. The maximum Gasteiger partial charge on any atom is 0.337 e. The Morgan fingerprint density at radius 2 is 2.25 bits per heavy atom. The van der Waals surface area contributed by atoms with Crippen molar-refractivity contribution in [2.75, 3.05) is 0 Å². The molecule has 0 saturated carbocycles. The zero-order valence-corrected chi connectivity index (χ0v) is 8.71. The normalized spacial score (nSPS) is 12.2. The minimum absolute atomic E-state index is 0.226. The van der Waals surface area contributed by atoms with Crippen LogP contribution in [-0.2, 0) is 0 Å². The molecule has 0 saturated heterocycles. The highest BCUT2D eigenvalue weighted by Crippen LogP contribution is 2.23. The van der Waals surface area contributed by atoms with E-state index < -0.39 is 5.97 Å². The molecular formula is C12H10N2O2. The Kier molecular flexibility index (Phi) is 2.37. The van der Waals surface area contributed by atoms with Crippen molar-refractivity contribution < 1.29 is 9.90 Å². The fraction of sp³-hybridized carbons (Fsp3) is 0.167. The fourth-order valence-electron chi connectivity index (χ4n) is 1.78. The lowest BCUT2D eigenvalue weighted by Gasteiger charge is -2.08. The fourth-order valence-corrected chi connectivity index (χ4v) is 1.78. The van der Waals surface area contributed by atoms with Gasteiger partial charge in [-0.25, -0.2) is 4.79 Å². The van der Waals surface area contributed by atoms with Gasteiger partial charge in [0.05, 0.1) is 17.1 Å². The van der Waals surface area contributed by atoms with E-state index in [1.54, 1.807) is 29.8 Å². The predicted octanol–water partition coefficient (Wildman–Crippen LogP) is 2.42. The molecule has 0 aliphatic heterocycles. The van der Waals surface area contributed by atoms with E-state index in [4.69, 9.17) is 10.4 Å². The topological polar surface area (TPSA) is 66.0 Å². The van der Waals surface area contributed by atoms with Crippen LogP contribution in [0.2, 0.25) is 0 Å². The molecule has 1 N–H and O–H groups in total. The quantitative estimate of drug-likeness (QED) is 0.834. The number of hydrogen-bond acceptors (Lipinski definition) is 2. The Labute approximate surface area is 92.3 Å². The first-order valence-electron chi connectivity index (χ1n) is 4.87. The van der Waals surface area contributed by atoms with E-state index in [1.807, 2.05) is 12.1 Å². The lowest BCUT2D eigenvalue weighted by Crippen LogP contribution is -2.05. The maximum absolute atomic E-state index is 11.1. The number of carboxylic acid groups (broad SMARTS) is 1. The molecule has 0 fully saturated rings. The third-order valence-electron chi connectivity index (χ3n) is 2.57. The van der Waals surface area contributed by atoms with Crippen LogP contribution in [0.3, 0.4) is 0 Å². The van der Waals surface area contributed by atoms with Gasteiger partial charge in [-0.1, -0.05) is 12.1 Å². The molecule has 1 aromatic carbocycles. The van der Waals surface area contributed by atoms with Gasteiger partial charge in [0.15, 0.2) is 0 Å². The van der Waals surface area contributed by atoms with Gasteiger partial charge in [-0.3, -0.25) is 0 Å². The number of hydrogen-bond donors (Lipinski definition) is 1. The number of nitrogens with zero attached hydrogens (tertiary/aromatic N) is 2. The van der Waals surface area contributed by atoms with Crippen molar-refractivity contribution >= 4 is 16.9 Å². The monoisotopic (exact) mass is 214 g/mol. The van der Waals surface area contributed by atoms with Crippen LogP contribution in [0, 0.1) is 11.3 Å². The summed E-state index contributed by atoms with van der Waals surface area (Å²) in [6.45, 7) is 1.73. The van der Waals surface area contributed by atoms with Gasteiger partial charge in [-0.15, -0.1) is 0 Å². The average molecular weight is 214 g/mol. The van der Waals surface area contributed by atoms with E-state index in [-0.39, 0.29) is 11.6 Å². The number of nitriles is 1. The van der Waals surface area contributed by atoms with Gasteiger partial charge in [0.25, 0.3) is 0 Å². The third-order valence-corrected chi connectivity index (χ3v) is 2.57. The highest BCUT2D eigenvalue weighted by atomic mass is 16.4. The Hall–Kier alpha value is -2.28. The zero-order valence-electron chi connectivity index (χ0n) is 8.71. The van der Waals surface area contributed by atoms with Crippen LogP contribution in [0.1, 0.15) is 23.3 Å². The highest BCUT2D eigenvalue weighted by molar-refractivity contribution is 6.02. The number of aromatic carboxylic acids is 1. The summed E-state index contributed by atoms with van der Waals surface area (Å²) in [5.74, 6) is -0.976. The van der Waals surface area contributed by atoms with E-state index in [9.17, 15) is 4.79 Å². The summed E-state index contributed by atoms with van der Waals surface area (Å²) < 4.78 is 1.68. The van der Waals surface area contributed by atoms with E-state index >= 15 is 0 Å². The third kappa shape index (κ3) is 1.43. The summed E-state index contributed by atoms with van der Waals surface area (Å²) in [6.07, 6.45) is 1.74. The second-order valence-corrected chi connectivity index (χ2v) is 3.58. The average Bonchev–Trinajstić information content (AvgIpc) is 2.71. The summed E-state index contributed by atoms with van der Waals surface area (Å²) in [5.41, 5.74) is 0.827. The number of carboxylic acids is 1. The van der Waals surface area contributed by atoms with Crippen LogP contribution in [0.25, 0.3) is 10.9 Å². The lowest BCUT2D eigenvalue weighted by molar-refractivity contribution is 0.0698. The van der Waals surface area contributed by atoms with Crippen LogP contribution in [0.4, 0.5) is 0 Å². The molecule has 0 bridgehead atoms. The van der Waals surface area contributed by atoms with Gasteiger partial charge in [0, 0.05) is 11.6 Å². The minimum Gasteiger partial charge on any atom is -0.478 e. The van der Waals surface area contributed by atoms with Crippen molar-refractivity contribution in [1.29, 1.82) is 5.26 Å². The molecule has 2 rings (SSSR count). The standard InChI is InChI=1S/C12H10N2O2/c1-8(7-13)14-6-5-9-3-2-4-10(11(9)14)12(15)16/h2-6,8H,1H3,(H,15,16). The molecule has 1 aromatic heterocycles. The first-order chi connectivity index (χ1) is 7.65. The van der Waals surface area contributed by atoms with Gasteiger partial charge >= 0.3 is 5.97 Å². The summed E-state index contributed by atoms with van der Waals surface area (Å²) in [4.78, 5) is 11.1. The smallest absolute Gasteiger partial charge is 0.337 e. The zero-order chi connectivity index (χ0) is 11.7. The molecule has 16 heavy (non-hydrogen) atoms. The van der Waals surface area contributed by atoms with Gasteiger partial charge in [-0.05, 0) is 19.1 Å². The van der Waals surface area contributed by atoms with E-state index in [1.165, 1.54) is 0 Å².